The third kappa shape index (κ3) is 3.62. The van der Waals surface area contributed by atoms with E-state index in [2.05, 4.69) is 42.7 Å². The molecule has 1 saturated heterocycles. The van der Waals surface area contributed by atoms with E-state index in [9.17, 15) is 0 Å². The fourth-order valence-electron chi connectivity index (χ4n) is 2.86. The average molecular weight is 256 g/mol. The molecule has 2 atom stereocenters. The predicted molar refractivity (Wildman–Crippen MR) is 77.8 cm³/mol. The first-order valence-corrected chi connectivity index (χ1v) is 8.41. The van der Waals surface area contributed by atoms with E-state index in [-0.39, 0.29) is 0 Å². The zero-order valence-electron chi connectivity index (χ0n) is 11.7. The van der Waals surface area contributed by atoms with E-state index < -0.39 is 0 Å². The number of piperazine rings is 1. The van der Waals surface area contributed by atoms with E-state index in [0.717, 1.165) is 12.0 Å². The first-order chi connectivity index (χ1) is 8.18. The van der Waals surface area contributed by atoms with Gasteiger partial charge in [-0.2, -0.15) is 11.8 Å². The van der Waals surface area contributed by atoms with E-state index >= 15 is 0 Å². The minimum Gasteiger partial charge on any atom is -0.309 e. The number of hydrogen-bond acceptors (Lipinski definition) is 3. The molecule has 2 nitrogen and oxygen atoms in total. The Morgan fingerprint density at radius 3 is 2.71 bits per heavy atom. The molecule has 2 aliphatic rings. The zero-order chi connectivity index (χ0) is 12.3. The molecule has 2 fully saturated rings. The van der Waals surface area contributed by atoms with Gasteiger partial charge in [0, 0.05) is 37.0 Å². The number of thioether (sulfide) groups is 1. The third-order valence-electron chi connectivity index (χ3n) is 4.43. The lowest BCUT2D eigenvalue weighted by molar-refractivity contribution is 0.0789. The maximum atomic E-state index is 3.79. The van der Waals surface area contributed by atoms with Crippen LogP contribution < -0.4 is 5.32 Å². The number of rotatable bonds is 6. The van der Waals surface area contributed by atoms with Crippen LogP contribution in [0.4, 0.5) is 0 Å². The summed E-state index contributed by atoms with van der Waals surface area (Å²) in [5, 5.41) is 3.79. The van der Waals surface area contributed by atoms with Crippen LogP contribution in [-0.2, 0) is 0 Å². The molecular weight excluding hydrogens is 228 g/mol. The summed E-state index contributed by atoms with van der Waals surface area (Å²) in [4.78, 5) is 2.78. The van der Waals surface area contributed by atoms with Crippen molar-refractivity contribution in [3.63, 3.8) is 0 Å². The van der Waals surface area contributed by atoms with Crippen LogP contribution in [0.25, 0.3) is 0 Å². The van der Waals surface area contributed by atoms with Gasteiger partial charge in [0.15, 0.2) is 0 Å². The largest absolute Gasteiger partial charge is 0.309 e. The Bertz CT molecular complexity index is 242. The van der Waals surface area contributed by atoms with Gasteiger partial charge in [-0.3, -0.25) is 4.90 Å². The molecule has 2 rings (SSSR count). The average Bonchev–Trinajstić information content (AvgIpc) is 3.14. The second kappa shape index (κ2) is 5.94. The summed E-state index contributed by atoms with van der Waals surface area (Å²) in [5.74, 6) is 3.56. The molecule has 0 radical (unpaired) electrons. The van der Waals surface area contributed by atoms with Crippen molar-refractivity contribution in [1.82, 2.24) is 10.2 Å². The van der Waals surface area contributed by atoms with Gasteiger partial charge in [-0.1, -0.05) is 13.8 Å². The molecule has 0 aromatic carbocycles. The molecule has 100 valence electrons. The van der Waals surface area contributed by atoms with Crippen LogP contribution >= 0.6 is 11.8 Å². The number of nitrogens with one attached hydrogen (secondary N) is 1. The second-order valence-electron chi connectivity index (χ2n) is 5.87. The highest BCUT2D eigenvalue weighted by atomic mass is 32.2. The van der Waals surface area contributed by atoms with Crippen molar-refractivity contribution in [1.29, 1.82) is 0 Å². The van der Waals surface area contributed by atoms with Crippen molar-refractivity contribution in [2.75, 3.05) is 31.1 Å². The first-order valence-electron chi connectivity index (χ1n) is 7.25. The summed E-state index contributed by atoms with van der Waals surface area (Å²) < 4.78 is 0. The van der Waals surface area contributed by atoms with E-state index in [1.54, 1.807) is 0 Å². The van der Waals surface area contributed by atoms with Gasteiger partial charge in [-0.05, 0) is 37.9 Å². The fourth-order valence-corrected chi connectivity index (χ4v) is 3.51. The molecule has 17 heavy (non-hydrogen) atoms. The normalized spacial score (nSPS) is 35.1. The standard InChI is InChI=1S/C14H28N2S/c1-4-14(3)11-16(8-9-17-5-2)13(10-15-14)12-6-7-12/h12-13,15H,4-11H2,1-3H3. The molecule has 1 aliphatic carbocycles. The molecule has 1 saturated carbocycles. The first kappa shape index (κ1) is 13.7. The Morgan fingerprint density at radius 1 is 1.35 bits per heavy atom. The Labute approximate surface area is 111 Å². The van der Waals surface area contributed by atoms with Crippen LogP contribution in [0.5, 0.6) is 0 Å². The van der Waals surface area contributed by atoms with Gasteiger partial charge in [0.2, 0.25) is 0 Å². The van der Waals surface area contributed by atoms with Gasteiger partial charge in [-0.15, -0.1) is 0 Å². The molecule has 0 amide bonds. The highest BCUT2D eigenvalue weighted by Crippen LogP contribution is 2.37. The summed E-state index contributed by atoms with van der Waals surface area (Å²) in [6.45, 7) is 10.7. The predicted octanol–water partition coefficient (Wildman–Crippen LogP) is 2.59. The third-order valence-corrected chi connectivity index (χ3v) is 5.31. The van der Waals surface area contributed by atoms with Crippen LogP contribution in [0, 0.1) is 5.92 Å². The molecule has 3 heteroatoms. The lowest BCUT2D eigenvalue weighted by Gasteiger charge is -2.46. The van der Waals surface area contributed by atoms with E-state index in [1.807, 2.05) is 0 Å². The maximum absolute atomic E-state index is 3.79. The van der Waals surface area contributed by atoms with Crippen molar-refractivity contribution in [2.24, 2.45) is 5.92 Å². The topological polar surface area (TPSA) is 15.3 Å². The minimum absolute atomic E-state index is 0.349. The Hall–Kier alpha value is 0.270. The second-order valence-corrected chi connectivity index (χ2v) is 7.26. The zero-order valence-corrected chi connectivity index (χ0v) is 12.5. The molecule has 1 heterocycles. The van der Waals surface area contributed by atoms with Crippen molar-refractivity contribution in [3.8, 4) is 0 Å². The molecule has 0 aromatic rings. The Kier molecular flexibility index (Phi) is 4.79. The van der Waals surface area contributed by atoms with Crippen molar-refractivity contribution in [3.05, 3.63) is 0 Å². The quantitative estimate of drug-likeness (QED) is 0.735. The van der Waals surface area contributed by atoms with Gasteiger partial charge >= 0.3 is 0 Å². The highest BCUT2D eigenvalue weighted by Gasteiger charge is 2.41. The number of hydrogen-bond donors (Lipinski definition) is 1. The van der Waals surface area contributed by atoms with Gasteiger partial charge in [0.25, 0.3) is 0 Å². The molecule has 0 bridgehead atoms. The molecule has 0 aromatic heterocycles. The molecule has 1 N–H and O–H groups in total. The lowest BCUT2D eigenvalue weighted by Crippen LogP contribution is -2.63. The van der Waals surface area contributed by atoms with Crippen LogP contribution in [-0.4, -0.2) is 47.6 Å². The summed E-state index contributed by atoms with van der Waals surface area (Å²) in [6.07, 6.45) is 4.17. The van der Waals surface area contributed by atoms with E-state index in [1.165, 1.54) is 50.4 Å². The monoisotopic (exact) mass is 256 g/mol. The van der Waals surface area contributed by atoms with E-state index in [0.29, 0.717) is 5.54 Å². The van der Waals surface area contributed by atoms with Gasteiger partial charge < -0.3 is 5.32 Å². The summed E-state index contributed by atoms with van der Waals surface area (Å²) in [6, 6.07) is 0.826. The minimum atomic E-state index is 0.349. The molecule has 0 spiro atoms. The summed E-state index contributed by atoms with van der Waals surface area (Å²) >= 11 is 2.08. The van der Waals surface area contributed by atoms with E-state index in [4.69, 9.17) is 0 Å². The summed E-state index contributed by atoms with van der Waals surface area (Å²) in [5.41, 5.74) is 0.349. The van der Waals surface area contributed by atoms with Gasteiger partial charge in [0.05, 0.1) is 0 Å². The van der Waals surface area contributed by atoms with Crippen LogP contribution in [0.2, 0.25) is 0 Å². The summed E-state index contributed by atoms with van der Waals surface area (Å²) in [7, 11) is 0. The van der Waals surface area contributed by atoms with Crippen molar-refractivity contribution in [2.45, 2.75) is 51.6 Å². The van der Waals surface area contributed by atoms with Gasteiger partial charge in [-0.25, -0.2) is 0 Å². The maximum Gasteiger partial charge on any atom is 0.0278 e. The molecule has 1 aliphatic heterocycles. The Balaban J connectivity index is 1.89. The molecular formula is C14H28N2S. The van der Waals surface area contributed by atoms with Gasteiger partial charge in [0.1, 0.15) is 0 Å². The van der Waals surface area contributed by atoms with Crippen LogP contribution in [0.1, 0.15) is 40.0 Å². The fraction of sp³-hybridized carbons (Fsp3) is 1.00. The smallest absolute Gasteiger partial charge is 0.0278 e. The highest BCUT2D eigenvalue weighted by molar-refractivity contribution is 7.99. The SMILES string of the molecule is CCSCCN1CC(C)(CC)NCC1C1CC1. The Morgan fingerprint density at radius 2 is 2.12 bits per heavy atom. The van der Waals surface area contributed by atoms with Crippen LogP contribution in [0.3, 0.4) is 0 Å². The van der Waals surface area contributed by atoms with Crippen molar-refractivity contribution < 1.29 is 0 Å². The van der Waals surface area contributed by atoms with Crippen LogP contribution in [0.15, 0.2) is 0 Å². The van der Waals surface area contributed by atoms with Crippen molar-refractivity contribution >= 4 is 11.8 Å². The molecule has 2 unspecified atom stereocenters. The lowest BCUT2D eigenvalue weighted by atomic mass is 9.92. The number of nitrogens with zero attached hydrogens (tertiary/aromatic N) is 1.